The number of hydrogen-bond acceptors (Lipinski definition) is 7. The average Bonchev–Trinajstić information content (AvgIpc) is 3.21. The molecule has 0 atom stereocenters. The Balaban J connectivity index is 2.01. The fourth-order valence-corrected chi connectivity index (χ4v) is 4.31. The second-order valence-electron chi connectivity index (χ2n) is 7.15. The van der Waals surface area contributed by atoms with Crippen molar-refractivity contribution < 1.29 is 27.7 Å². The zero-order valence-electron chi connectivity index (χ0n) is 17.3. The number of anilines is 1. The summed E-state index contributed by atoms with van der Waals surface area (Å²) in [6.07, 6.45) is 1.38. The molecular formula is C20H20N4O7S. The highest BCUT2D eigenvalue weighted by atomic mass is 32.2. The maximum Gasteiger partial charge on any atom is 0.282 e. The minimum Gasteiger partial charge on any atom is -0.326 e. The molecule has 2 aromatic rings. The van der Waals surface area contributed by atoms with Crippen molar-refractivity contribution in [1.29, 1.82) is 0 Å². The van der Waals surface area contributed by atoms with E-state index < -0.39 is 38.2 Å². The van der Waals surface area contributed by atoms with Gasteiger partial charge in [0, 0.05) is 38.0 Å². The summed E-state index contributed by atoms with van der Waals surface area (Å²) in [5, 5.41) is 16.1. The molecule has 3 amide bonds. The Morgan fingerprint density at radius 2 is 1.59 bits per heavy atom. The predicted octanol–water partition coefficient (Wildman–Crippen LogP) is 1.86. The SMILES string of the molecule is CC(=O)Nc1ccc([N+](=O)[O-])c(C(=O)N2CCCN2C(=O)c2ccccc2S(C)(=O)=O)c1. The summed E-state index contributed by atoms with van der Waals surface area (Å²) in [6, 6.07) is 9.20. The molecule has 1 aliphatic rings. The lowest BCUT2D eigenvalue weighted by Gasteiger charge is -2.28. The smallest absolute Gasteiger partial charge is 0.282 e. The van der Waals surface area contributed by atoms with Crippen LogP contribution in [-0.4, -0.2) is 60.4 Å². The highest BCUT2D eigenvalue weighted by Gasteiger charge is 2.36. The Morgan fingerprint density at radius 3 is 2.16 bits per heavy atom. The van der Waals surface area contributed by atoms with E-state index in [2.05, 4.69) is 5.32 Å². The van der Waals surface area contributed by atoms with Gasteiger partial charge in [-0.15, -0.1) is 0 Å². The molecule has 11 nitrogen and oxygen atoms in total. The third kappa shape index (κ3) is 4.59. The first-order valence-corrected chi connectivity index (χ1v) is 11.4. The molecule has 3 rings (SSSR count). The fourth-order valence-electron chi connectivity index (χ4n) is 3.43. The van der Waals surface area contributed by atoms with Crippen molar-refractivity contribution in [2.75, 3.05) is 24.7 Å². The molecule has 12 heteroatoms. The van der Waals surface area contributed by atoms with Crippen molar-refractivity contribution in [2.45, 2.75) is 18.2 Å². The molecule has 1 heterocycles. The lowest BCUT2D eigenvalue weighted by atomic mass is 10.1. The number of carbonyl (C=O) groups is 3. The molecule has 32 heavy (non-hydrogen) atoms. The van der Waals surface area contributed by atoms with E-state index in [-0.39, 0.29) is 34.8 Å². The van der Waals surface area contributed by atoms with Crippen LogP contribution in [-0.2, 0) is 14.6 Å². The lowest BCUT2D eigenvalue weighted by molar-refractivity contribution is -0.385. The number of carbonyl (C=O) groups excluding carboxylic acids is 3. The predicted molar refractivity (Wildman–Crippen MR) is 114 cm³/mol. The normalized spacial score (nSPS) is 13.7. The van der Waals surface area contributed by atoms with Crippen LogP contribution in [0.5, 0.6) is 0 Å². The third-order valence-electron chi connectivity index (χ3n) is 4.76. The van der Waals surface area contributed by atoms with Crippen molar-refractivity contribution in [3.8, 4) is 0 Å². The van der Waals surface area contributed by atoms with Crippen LogP contribution in [0.1, 0.15) is 34.1 Å². The molecular weight excluding hydrogens is 440 g/mol. The number of nitrogens with one attached hydrogen (secondary N) is 1. The zero-order chi connectivity index (χ0) is 23.6. The number of nitro groups is 1. The van der Waals surface area contributed by atoms with E-state index in [1.54, 1.807) is 0 Å². The van der Waals surface area contributed by atoms with Gasteiger partial charge in [-0.25, -0.2) is 18.4 Å². The quantitative estimate of drug-likeness (QED) is 0.529. The van der Waals surface area contributed by atoms with Crippen LogP contribution < -0.4 is 5.32 Å². The molecule has 0 unspecified atom stereocenters. The summed E-state index contributed by atoms with van der Waals surface area (Å²) >= 11 is 0. The molecule has 168 valence electrons. The van der Waals surface area contributed by atoms with E-state index in [0.717, 1.165) is 22.3 Å². The first-order valence-electron chi connectivity index (χ1n) is 9.49. The number of nitrogens with zero attached hydrogens (tertiary/aromatic N) is 3. The molecule has 0 bridgehead atoms. The van der Waals surface area contributed by atoms with Gasteiger partial charge in [-0.2, -0.15) is 0 Å². The van der Waals surface area contributed by atoms with Gasteiger partial charge in [0.25, 0.3) is 17.5 Å². The summed E-state index contributed by atoms with van der Waals surface area (Å²) in [7, 11) is -3.71. The Labute approximate surface area is 183 Å². The molecule has 0 aliphatic carbocycles. The minimum absolute atomic E-state index is 0.101. The fraction of sp³-hybridized carbons (Fsp3) is 0.250. The summed E-state index contributed by atoms with van der Waals surface area (Å²) in [5.74, 6) is -1.95. The number of sulfone groups is 1. The van der Waals surface area contributed by atoms with Crippen LogP contribution in [0.3, 0.4) is 0 Å². The van der Waals surface area contributed by atoms with Crippen LogP contribution in [0, 0.1) is 10.1 Å². The number of rotatable bonds is 5. The molecule has 0 aromatic heterocycles. The van der Waals surface area contributed by atoms with Crippen LogP contribution in [0.4, 0.5) is 11.4 Å². The van der Waals surface area contributed by atoms with Gasteiger partial charge in [-0.1, -0.05) is 12.1 Å². The Morgan fingerprint density at radius 1 is 1.00 bits per heavy atom. The van der Waals surface area contributed by atoms with Crippen molar-refractivity contribution in [1.82, 2.24) is 10.0 Å². The van der Waals surface area contributed by atoms with Crippen LogP contribution in [0.25, 0.3) is 0 Å². The van der Waals surface area contributed by atoms with E-state index in [9.17, 15) is 32.9 Å². The van der Waals surface area contributed by atoms with Crippen molar-refractivity contribution in [3.05, 3.63) is 63.7 Å². The molecule has 0 spiro atoms. The van der Waals surface area contributed by atoms with Gasteiger partial charge in [0.05, 0.1) is 15.4 Å². The summed E-state index contributed by atoms with van der Waals surface area (Å²) in [6.45, 7) is 1.48. The molecule has 1 N–H and O–H groups in total. The third-order valence-corrected chi connectivity index (χ3v) is 5.92. The van der Waals surface area contributed by atoms with Gasteiger partial charge in [0.15, 0.2) is 9.84 Å². The second-order valence-corrected chi connectivity index (χ2v) is 9.13. The average molecular weight is 460 g/mol. The highest BCUT2D eigenvalue weighted by Crippen LogP contribution is 2.28. The molecule has 1 aliphatic heterocycles. The molecule has 2 aromatic carbocycles. The first-order chi connectivity index (χ1) is 15.0. The molecule has 0 radical (unpaired) electrons. The standard InChI is InChI=1S/C20H20N4O7S/c1-13(25)21-14-8-9-17(24(28)29)16(12-14)20(27)23-11-5-10-22(23)19(26)15-6-3-4-7-18(15)32(2,30)31/h3-4,6-9,12H,5,10-11H2,1-2H3,(H,21,25). The number of benzene rings is 2. The number of hydrogen-bond donors (Lipinski definition) is 1. The van der Waals surface area contributed by atoms with E-state index in [0.29, 0.717) is 6.42 Å². The maximum absolute atomic E-state index is 13.2. The van der Waals surface area contributed by atoms with Crippen molar-refractivity contribution >= 4 is 38.9 Å². The van der Waals surface area contributed by atoms with Gasteiger partial charge < -0.3 is 5.32 Å². The maximum atomic E-state index is 13.2. The van der Waals surface area contributed by atoms with Crippen LogP contribution in [0.2, 0.25) is 0 Å². The zero-order valence-corrected chi connectivity index (χ0v) is 18.1. The second kappa shape index (κ2) is 8.75. The number of amides is 3. The topological polar surface area (TPSA) is 147 Å². The molecule has 1 saturated heterocycles. The van der Waals surface area contributed by atoms with Crippen LogP contribution >= 0.6 is 0 Å². The Bertz CT molecular complexity index is 1230. The largest absolute Gasteiger partial charge is 0.326 e. The van der Waals surface area contributed by atoms with Gasteiger partial charge in [-0.3, -0.25) is 24.5 Å². The van der Waals surface area contributed by atoms with Crippen molar-refractivity contribution in [3.63, 3.8) is 0 Å². The number of nitro benzene ring substituents is 1. The lowest BCUT2D eigenvalue weighted by Crippen LogP contribution is -2.45. The highest BCUT2D eigenvalue weighted by molar-refractivity contribution is 7.90. The van der Waals surface area contributed by atoms with Crippen LogP contribution in [0.15, 0.2) is 47.4 Å². The van der Waals surface area contributed by atoms with Gasteiger partial charge in [-0.05, 0) is 30.7 Å². The summed E-state index contributed by atoms with van der Waals surface area (Å²) in [5.41, 5.74) is -0.709. The summed E-state index contributed by atoms with van der Waals surface area (Å²) in [4.78, 5) is 48.3. The Hall–Kier alpha value is -3.80. The first kappa shape index (κ1) is 22.9. The Kier molecular flexibility index (Phi) is 6.25. The van der Waals surface area contributed by atoms with E-state index >= 15 is 0 Å². The van der Waals surface area contributed by atoms with Crippen molar-refractivity contribution in [2.24, 2.45) is 0 Å². The molecule has 0 saturated carbocycles. The summed E-state index contributed by atoms with van der Waals surface area (Å²) < 4.78 is 24.2. The van der Waals surface area contributed by atoms with E-state index in [1.807, 2.05) is 0 Å². The minimum atomic E-state index is -3.71. The monoisotopic (exact) mass is 460 g/mol. The molecule has 1 fully saturated rings. The van der Waals surface area contributed by atoms with Gasteiger partial charge >= 0.3 is 0 Å². The number of hydrazine groups is 1. The van der Waals surface area contributed by atoms with E-state index in [4.69, 9.17) is 0 Å². The van der Waals surface area contributed by atoms with E-state index in [1.165, 1.54) is 43.3 Å². The van der Waals surface area contributed by atoms with Gasteiger partial charge in [0.1, 0.15) is 5.56 Å². The van der Waals surface area contributed by atoms with Gasteiger partial charge in [0.2, 0.25) is 5.91 Å².